The minimum Gasteiger partial charge on any atom is -0.497 e. The van der Waals surface area contributed by atoms with Gasteiger partial charge in [0, 0.05) is 18.7 Å². The van der Waals surface area contributed by atoms with Crippen LogP contribution in [0.25, 0.3) is 0 Å². The van der Waals surface area contributed by atoms with Crippen molar-refractivity contribution < 1.29 is 28.7 Å². The molecular weight excluding hydrogens is 572 g/mol. The fourth-order valence-corrected chi connectivity index (χ4v) is 5.03. The molecule has 10 nitrogen and oxygen atoms in total. The lowest BCUT2D eigenvalue weighted by Crippen LogP contribution is -2.53. The second kappa shape index (κ2) is 18.0. The molecule has 0 aliphatic rings. The van der Waals surface area contributed by atoms with Gasteiger partial charge in [0.15, 0.2) is 0 Å². The SMILES string of the molecule is CCCCCCCCN(C(=O)C(CCC(N)=O)NC(=O)OC(C)(C)C)C(C(=O)Nc1ccc(OC)cc1)c1cccc(C)c1C. The van der Waals surface area contributed by atoms with Crippen LogP contribution in [0, 0.1) is 13.8 Å². The van der Waals surface area contributed by atoms with Crippen molar-refractivity contribution >= 4 is 29.5 Å². The average molecular weight is 625 g/mol. The number of nitrogens with one attached hydrogen (secondary N) is 2. The van der Waals surface area contributed by atoms with Crippen LogP contribution in [0.2, 0.25) is 0 Å². The van der Waals surface area contributed by atoms with Gasteiger partial charge in [-0.1, -0.05) is 57.2 Å². The third-order valence-electron chi connectivity index (χ3n) is 7.56. The van der Waals surface area contributed by atoms with Crippen LogP contribution < -0.4 is 21.1 Å². The first-order chi connectivity index (χ1) is 21.3. The smallest absolute Gasteiger partial charge is 0.408 e. The van der Waals surface area contributed by atoms with Crippen LogP contribution in [-0.4, -0.2) is 54.0 Å². The summed E-state index contributed by atoms with van der Waals surface area (Å²) in [4.78, 5) is 54.9. The molecule has 2 aromatic rings. The summed E-state index contributed by atoms with van der Waals surface area (Å²) in [6.45, 7) is 11.5. The van der Waals surface area contributed by atoms with Crippen LogP contribution in [0.4, 0.5) is 10.5 Å². The number of hydrogen-bond donors (Lipinski definition) is 3. The molecule has 0 fully saturated rings. The van der Waals surface area contributed by atoms with Gasteiger partial charge in [0.25, 0.3) is 5.91 Å². The highest BCUT2D eigenvalue weighted by Crippen LogP contribution is 2.30. The number of amides is 4. The largest absolute Gasteiger partial charge is 0.497 e. The van der Waals surface area contributed by atoms with E-state index < -0.39 is 41.5 Å². The summed E-state index contributed by atoms with van der Waals surface area (Å²) < 4.78 is 10.7. The first kappa shape index (κ1) is 37.1. The van der Waals surface area contributed by atoms with Gasteiger partial charge in [0.05, 0.1) is 7.11 Å². The molecule has 2 unspecified atom stereocenters. The Morgan fingerprint density at radius 1 is 0.933 bits per heavy atom. The van der Waals surface area contributed by atoms with Crippen LogP contribution in [0.15, 0.2) is 42.5 Å². The zero-order valence-electron chi connectivity index (χ0n) is 28.0. The van der Waals surface area contributed by atoms with E-state index in [1.807, 2.05) is 32.0 Å². The highest BCUT2D eigenvalue weighted by molar-refractivity contribution is 5.99. The molecule has 0 aliphatic heterocycles. The molecule has 0 saturated carbocycles. The Balaban J connectivity index is 2.58. The molecular formula is C35H52N4O6. The zero-order chi connectivity index (χ0) is 33.6. The van der Waals surface area contributed by atoms with Gasteiger partial charge < -0.3 is 30.7 Å². The van der Waals surface area contributed by atoms with E-state index in [4.69, 9.17) is 15.2 Å². The molecule has 0 spiro atoms. The molecule has 0 saturated heterocycles. The fourth-order valence-electron chi connectivity index (χ4n) is 5.03. The summed E-state index contributed by atoms with van der Waals surface area (Å²) in [6.07, 6.45) is 4.89. The predicted octanol–water partition coefficient (Wildman–Crippen LogP) is 6.34. The third kappa shape index (κ3) is 12.4. The molecule has 0 radical (unpaired) electrons. The van der Waals surface area contributed by atoms with Gasteiger partial charge in [0.1, 0.15) is 23.4 Å². The zero-order valence-corrected chi connectivity index (χ0v) is 28.0. The van der Waals surface area contributed by atoms with Crippen LogP contribution in [-0.2, 0) is 19.1 Å². The van der Waals surface area contributed by atoms with Crippen molar-refractivity contribution in [2.75, 3.05) is 19.0 Å². The molecule has 2 aromatic carbocycles. The Bertz CT molecular complexity index is 1270. The Morgan fingerprint density at radius 3 is 2.18 bits per heavy atom. The Hall–Kier alpha value is -4.08. The van der Waals surface area contributed by atoms with Crippen LogP contribution in [0.3, 0.4) is 0 Å². The summed E-state index contributed by atoms with van der Waals surface area (Å²) in [7, 11) is 1.57. The molecule has 248 valence electrons. The van der Waals surface area contributed by atoms with E-state index in [0.29, 0.717) is 23.4 Å². The van der Waals surface area contributed by atoms with Crippen molar-refractivity contribution in [2.45, 2.75) is 111 Å². The molecule has 2 rings (SSSR count). The number of primary amides is 1. The standard InChI is InChI=1S/C35H52N4O6/c1-8-9-10-11-12-13-23-39(33(42)29(21-22-30(36)40)38-34(43)45-35(4,5)6)31(28-16-14-15-24(2)25(28)3)32(41)37-26-17-19-27(44-7)20-18-26/h14-20,29,31H,8-13,21-23H2,1-7H3,(H2,36,40)(H,37,41)(H,38,43). The van der Waals surface area contributed by atoms with Gasteiger partial charge in [-0.2, -0.15) is 0 Å². The maximum atomic E-state index is 14.5. The number of rotatable bonds is 17. The van der Waals surface area contributed by atoms with Gasteiger partial charge in [-0.3, -0.25) is 14.4 Å². The molecule has 0 aromatic heterocycles. The number of nitrogens with two attached hydrogens (primary N) is 1. The topological polar surface area (TPSA) is 140 Å². The molecule has 2 atom stereocenters. The number of methoxy groups -OCH3 is 1. The van der Waals surface area contributed by atoms with E-state index in [2.05, 4.69) is 17.6 Å². The minimum absolute atomic E-state index is 0.0416. The average Bonchev–Trinajstić information content (AvgIpc) is 2.97. The summed E-state index contributed by atoms with van der Waals surface area (Å²) in [5.41, 5.74) is 7.70. The molecule has 0 heterocycles. The molecule has 0 bridgehead atoms. The van der Waals surface area contributed by atoms with Gasteiger partial charge in [-0.05, 0) is 88.4 Å². The summed E-state index contributed by atoms with van der Waals surface area (Å²) in [5.74, 6) is -0.861. The summed E-state index contributed by atoms with van der Waals surface area (Å²) in [6, 6.07) is 10.5. The summed E-state index contributed by atoms with van der Waals surface area (Å²) >= 11 is 0. The lowest BCUT2D eigenvalue weighted by molar-refractivity contribution is -0.141. The third-order valence-corrected chi connectivity index (χ3v) is 7.56. The van der Waals surface area contributed by atoms with Crippen molar-refractivity contribution in [3.8, 4) is 5.75 Å². The van der Waals surface area contributed by atoms with E-state index in [1.54, 1.807) is 52.1 Å². The number of hydrogen-bond acceptors (Lipinski definition) is 6. The van der Waals surface area contributed by atoms with Crippen LogP contribution in [0.5, 0.6) is 5.75 Å². The maximum absolute atomic E-state index is 14.5. The van der Waals surface area contributed by atoms with Gasteiger partial charge >= 0.3 is 6.09 Å². The van der Waals surface area contributed by atoms with E-state index in [9.17, 15) is 19.2 Å². The predicted molar refractivity (Wildman–Crippen MR) is 177 cm³/mol. The normalized spacial score (nSPS) is 12.5. The number of aryl methyl sites for hydroxylation is 1. The number of ether oxygens (including phenoxy) is 2. The van der Waals surface area contributed by atoms with E-state index in [-0.39, 0.29) is 19.4 Å². The van der Waals surface area contributed by atoms with Crippen LogP contribution >= 0.6 is 0 Å². The van der Waals surface area contributed by atoms with E-state index >= 15 is 0 Å². The number of carbonyl (C=O) groups excluding carboxylic acids is 4. The Labute approximate surface area is 268 Å². The number of alkyl carbamates (subject to hydrolysis) is 1. The second-order valence-corrected chi connectivity index (χ2v) is 12.4. The minimum atomic E-state index is -1.14. The Kier molecular flexibility index (Phi) is 14.9. The van der Waals surface area contributed by atoms with Crippen molar-refractivity contribution in [2.24, 2.45) is 5.73 Å². The van der Waals surface area contributed by atoms with Crippen LogP contribution in [0.1, 0.15) is 102 Å². The van der Waals surface area contributed by atoms with E-state index in [1.165, 1.54) is 4.90 Å². The highest BCUT2D eigenvalue weighted by atomic mass is 16.6. The lowest BCUT2D eigenvalue weighted by Gasteiger charge is -2.35. The highest BCUT2D eigenvalue weighted by Gasteiger charge is 2.37. The van der Waals surface area contributed by atoms with Crippen molar-refractivity contribution in [1.29, 1.82) is 0 Å². The second-order valence-electron chi connectivity index (χ2n) is 12.4. The molecule has 4 amide bonds. The Morgan fingerprint density at radius 2 is 1.58 bits per heavy atom. The number of nitrogens with zero attached hydrogens (tertiary/aromatic N) is 1. The first-order valence-electron chi connectivity index (χ1n) is 15.9. The molecule has 10 heteroatoms. The van der Waals surface area contributed by atoms with Gasteiger partial charge in [0.2, 0.25) is 11.8 Å². The number of anilines is 1. The fraction of sp³-hybridized carbons (Fsp3) is 0.543. The van der Waals surface area contributed by atoms with Gasteiger partial charge in [-0.15, -0.1) is 0 Å². The first-order valence-corrected chi connectivity index (χ1v) is 15.9. The number of carbonyl (C=O) groups is 4. The maximum Gasteiger partial charge on any atom is 0.408 e. The van der Waals surface area contributed by atoms with E-state index in [0.717, 1.165) is 43.2 Å². The lowest BCUT2D eigenvalue weighted by atomic mass is 9.94. The quantitative estimate of drug-likeness (QED) is 0.176. The number of benzene rings is 2. The molecule has 45 heavy (non-hydrogen) atoms. The summed E-state index contributed by atoms with van der Waals surface area (Å²) in [5, 5.41) is 5.63. The van der Waals surface area contributed by atoms with Gasteiger partial charge in [-0.25, -0.2) is 4.79 Å². The van der Waals surface area contributed by atoms with Crippen molar-refractivity contribution in [1.82, 2.24) is 10.2 Å². The molecule has 4 N–H and O–H groups in total. The van der Waals surface area contributed by atoms with Crippen molar-refractivity contribution in [3.05, 3.63) is 59.2 Å². The van der Waals surface area contributed by atoms with Crippen molar-refractivity contribution in [3.63, 3.8) is 0 Å². The number of unbranched alkanes of at least 4 members (excludes halogenated alkanes) is 5. The monoisotopic (exact) mass is 624 g/mol. The molecule has 0 aliphatic carbocycles.